The fourth-order valence-electron chi connectivity index (χ4n) is 4.29. The Hall–Kier alpha value is -2.04. The first kappa shape index (κ1) is 19.3. The summed E-state index contributed by atoms with van der Waals surface area (Å²) in [7, 11) is 0. The van der Waals surface area contributed by atoms with Gasteiger partial charge in [-0.15, -0.1) is 0 Å². The van der Waals surface area contributed by atoms with Crippen molar-refractivity contribution in [2.75, 3.05) is 26.2 Å². The first-order valence-electron chi connectivity index (χ1n) is 10.1. The minimum Gasteiger partial charge on any atom is -0.489 e. The fourth-order valence-corrected chi connectivity index (χ4v) is 4.51. The summed E-state index contributed by atoms with van der Waals surface area (Å²) < 4.78 is 5.89. The van der Waals surface area contributed by atoms with Crippen molar-refractivity contribution in [2.24, 2.45) is 11.8 Å². The molecule has 2 saturated heterocycles. The van der Waals surface area contributed by atoms with Crippen LogP contribution in [0.3, 0.4) is 0 Å². The van der Waals surface area contributed by atoms with E-state index in [0.29, 0.717) is 18.1 Å². The largest absolute Gasteiger partial charge is 0.489 e. The van der Waals surface area contributed by atoms with Gasteiger partial charge in [0.15, 0.2) is 0 Å². The standard InChI is InChI=1S/C23H27ClN2O2/c24-21-5-1-4-18(11-21)16-28-22-6-2-3-17(12-22)13-23(27)26-9-7-19-14-25-15-20(19)8-10-26/h1-6,11-12,19-20,25H,7-10,13-16H2/t19-,20+. The lowest BCUT2D eigenvalue weighted by Crippen LogP contribution is -2.33. The Morgan fingerprint density at radius 1 is 1.04 bits per heavy atom. The van der Waals surface area contributed by atoms with E-state index in [-0.39, 0.29) is 5.91 Å². The van der Waals surface area contributed by atoms with Gasteiger partial charge >= 0.3 is 0 Å². The molecule has 2 atom stereocenters. The van der Waals surface area contributed by atoms with E-state index in [1.807, 2.05) is 48.5 Å². The summed E-state index contributed by atoms with van der Waals surface area (Å²) in [5.41, 5.74) is 2.03. The van der Waals surface area contributed by atoms with Crippen molar-refractivity contribution in [3.63, 3.8) is 0 Å². The van der Waals surface area contributed by atoms with Gasteiger partial charge in [-0.1, -0.05) is 35.9 Å². The summed E-state index contributed by atoms with van der Waals surface area (Å²) in [5.74, 6) is 2.48. The summed E-state index contributed by atoms with van der Waals surface area (Å²) in [6.07, 6.45) is 2.67. The molecule has 1 N–H and O–H groups in total. The maximum atomic E-state index is 12.8. The van der Waals surface area contributed by atoms with E-state index in [0.717, 1.165) is 67.7 Å². The van der Waals surface area contributed by atoms with Crippen molar-refractivity contribution in [1.29, 1.82) is 0 Å². The molecule has 0 aliphatic carbocycles. The summed E-state index contributed by atoms with van der Waals surface area (Å²) in [5, 5.41) is 4.19. The highest BCUT2D eigenvalue weighted by Crippen LogP contribution is 2.27. The highest BCUT2D eigenvalue weighted by atomic mass is 35.5. The highest BCUT2D eigenvalue weighted by molar-refractivity contribution is 6.30. The maximum Gasteiger partial charge on any atom is 0.226 e. The van der Waals surface area contributed by atoms with Crippen LogP contribution in [0.1, 0.15) is 24.0 Å². The smallest absolute Gasteiger partial charge is 0.226 e. The van der Waals surface area contributed by atoms with Crippen molar-refractivity contribution >= 4 is 17.5 Å². The third kappa shape index (κ3) is 4.86. The first-order valence-corrected chi connectivity index (χ1v) is 10.5. The monoisotopic (exact) mass is 398 g/mol. The van der Waals surface area contributed by atoms with E-state index in [9.17, 15) is 4.79 Å². The van der Waals surface area contributed by atoms with Crippen LogP contribution >= 0.6 is 11.6 Å². The number of nitrogens with one attached hydrogen (secondary N) is 1. The predicted octanol–water partition coefficient (Wildman–Crippen LogP) is 3.92. The minimum atomic E-state index is 0.222. The quantitative estimate of drug-likeness (QED) is 0.829. The van der Waals surface area contributed by atoms with E-state index >= 15 is 0 Å². The van der Waals surface area contributed by atoms with Crippen LogP contribution in [-0.4, -0.2) is 37.0 Å². The number of benzene rings is 2. The fraction of sp³-hybridized carbons (Fsp3) is 0.435. The van der Waals surface area contributed by atoms with E-state index in [1.54, 1.807) is 0 Å². The van der Waals surface area contributed by atoms with E-state index < -0.39 is 0 Å². The number of amides is 1. The van der Waals surface area contributed by atoms with Crippen LogP contribution in [-0.2, 0) is 17.8 Å². The van der Waals surface area contributed by atoms with Crippen LogP contribution in [0.2, 0.25) is 5.02 Å². The molecule has 0 radical (unpaired) electrons. The van der Waals surface area contributed by atoms with Gasteiger partial charge in [0.2, 0.25) is 5.91 Å². The second-order valence-electron chi connectivity index (χ2n) is 7.88. The maximum absolute atomic E-state index is 12.8. The Kier molecular flexibility index (Phi) is 6.18. The van der Waals surface area contributed by atoms with Crippen molar-refractivity contribution in [1.82, 2.24) is 10.2 Å². The van der Waals surface area contributed by atoms with Crippen molar-refractivity contribution in [2.45, 2.75) is 25.9 Å². The molecule has 148 valence electrons. The number of likely N-dealkylation sites (tertiary alicyclic amines) is 1. The Morgan fingerprint density at radius 3 is 2.50 bits per heavy atom. The lowest BCUT2D eigenvalue weighted by Gasteiger charge is -2.21. The van der Waals surface area contributed by atoms with E-state index in [4.69, 9.17) is 16.3 Å². The molecule has 2 fully saturated rings. The molecule has 4 nitrogen and oxygen atoms in total. The Labute approximate surface area is 171 Å². The van der Waals surface area contributed by atoms with Gasteiger partial charge in [-0.2, -0.15) is 0 Å². The van der Waals surface area contributed by atoms with Crippen LogP contribution in [0.5, 0.6) is 5.75 Å². The van der Waals surface area contributed by atoms with Gasteiger partial charge in [-0.05, 0) is 73.2 Å². The number of rotatable bonds is 5. The van der Waals surface area contributed by atoms with Crippen molar-refractivity contribution in [3.05, 3.63) is 64.7 Å². The highest BCUT2D eigenvalue weighted by Gasteiger charge is 2.31. The van der Waals surface area contributed by atoms with Gasteiger partial charge in [0.05, 0.1) is 6.42 Å². The average Bonchev–Trinajstić information content (AvgIpc) is 3.05. The summed E-state index contributed by atoms with van der Waals surface area (Å²) in [6.45, 7) is 4.44. The first-order chi connectivity index (χ1) is 13.7. The lowest BCUT2D eigenvalue weighted by molar-refractivity contribution is -0.130. The van der Waals surface area contributed by atoms with Crippen LogP contribution in [0.25, 0.3) is 0 Å². The van der Waals surface area contributed by atoms with Gasteiger partial charge in [-0.3, -0.25) is 4.79 Å². The third-order valence-corrected chi connectivity index (χ3v) is 6.16. The Morgan fingerprint density at radius 2 is 1.75 bits per heavy atom. The molecule has 2 heterocycles. The number of carbonyl (C=O) groups is 1. The van der Waals surface area contributed by atoms with E-state index in [2.05, 4.69) is 10.2 Å². The third-order valence-electron chi connectivity index (χ3n) is 5.92. The SMILES string of the molecule is O=C(Cc1cccc(OCc2cccc(Cl)c2)c1)N1CC[C@@H]2CNC[C@@H]2CC1. The van der Waals surface area contributed by atoms with Crippen LogP contribution in [0, 0.1) is 11.8 Å². The predicted molar refractivity (Wildman–Crippen MR) is 112 cm³/mol. The number of carbonyl (C=O) groups excluding carboxylic acids is 1. The van der Waals surface area contributed by atoms with Gasteiger partial charge in [-0.25, -0.2) is 0 Å². The molecule has 0 bridgehead atoms. The van der Waals surface area contributed by atoms with Crippen LogP contribution in [0.4, 0.5) is 0 Å². The number of halogens is 1. The number of fused-ring (bicyclic) bond motifs is 1. The van der Waals surface area contributed by atoms with Gasteiger partial charge in [0.1, 0.15) is 12.4 Å². The molecule has 2 aliphatic heterocycles. The molecule has 28 heavy (non-hydrogen) atoms. The Bertz CT molecular complexity index is 812. The van der Waals surface area contributed by atoms with Gasteiger partial charge in [0.25, 0.3) is 0 Å². The van der Waals surface area contributed by atoms with Gasteiger partial charge < -0.3 is 15.0 Å². The molecule has 2 aromatic carbocycles. The molecule has 0 aromatic heterocycles. The summed E-state index contributed by atoms with van der Waals surface area (Å²) in [4.78, 5) is 14.9. The molecule has 0 unspecified atom stereocenters. The molecule has 2 aromatic rings. The topological polar surface area (TPSA) is 41.6 Å². The zero-order chi connectivity index (χ0) is 19.3. The Balaban J connectivity index is 1.33. The molecule has 5 heteroatoms. The zero-order valence-electron chi connectivity index (χ0n) is 16.1. The second-order valence-corrected chi connectivity index (χ2v) is 8.32. The minimum absolute atomic E-state index is 0.222. The molecule has 1 amide bonds. The molecule has 0 saturated carbocycles. The number of ether oxygens (including phenoxy) is 1. The van der Waals surface area contributed by atoms with Crippen LogP contribution < -0.4 is 10.1 Å². The number of hydrogen-bond donors (Lipinski definition) is 1. The number of nitrogens with zero attached hydrogens (tertiary/aromatic N) is 1. The summed E-state index contributed by atoms with van der Waals surface area (Å²) in [6, 6.07) is 15.5. The molecule has 0 spiro atoms. The average molecular weight is 399 g/mol. The van der Waals surface area contributed by atoms with E-state index in [1.165, 1.54) is 0 Å². The van der Waals surface area contributed by atoms with Crippen LogP contribution in [0.15, 0.2) is 48.5 Å². The zero-order valence-corrected chi connectivity index (χ0v) is 16.8. The molecular weight excluding hydrogens is 372 g/mol. The van der Waals surface area contributed by atoms with Crippen molar-refractivity contribution < 1.29 is 9.53 Å². The van der Waals surface area contributed by atoms with Crippen molar-refractivity contribution in [3.8, 4) is 5.75 Å². The molecular formula is C23H27ClN2O2. The molecule has 2 aliphatic rings. The van der Waals surface area contributed by atoms with Gasteiger partial charge in [0, 0.05) is 18.1 Å². The summed E-state index contributed by atoms with van der Waals surface area (Å²) >= 11 is 6.02. The number of hydrogen-bond acceptors (Lipinski definition) is 3. The molecule has 4 rings (SSSR count). The lowest BCUT2D eigenvalue weighted by atomic mass is 9.92. The second kappa shape index (κ2) is 8.97. The normalized spacial score (nSPS) is 21.8.